The lowest BCUT2D eigenvalue weighted by Gasteiger charge is -2.26. The van der Waals surface area contributed by atoms with Crippen molar-refractivity contribution in [3.8, 4) is 11.3 Å². The van der Waals surface area contributed by atoms with E-state index in [2.05, 4.69) is 60.2 Å². The molecule has 0 radical (unpaired) electrons. The third-order valence-corrected chi connectivity index (χ3v) is 5.66. The first-order chi connectivity index (χ1) is 15.2. The quantitative estimate of drug-likeness (QED) is 0.638. The number of aromatic nitrogens is 3. The Bertz CT molecular complexity index is 1120. The summed E-state index contributed by atoms with van der Waals surface area (Å²) >= 11 is 0. The summed E-state index contributed by atoms with van der Waals surface area (Å²) in [4.78, 5) is 22.7. The average Bonchev–Trinajstić information content (AvgIpc) is 3.11. The van der Waals surface area contributed by atoms with Crippen molar-refractivity contribution in [2.75, 3.05) is 57.2 Å². The average molecular weight is 439 g/mol. The Hall–Kier alpha value is -2.84. The van der Waals surface area contributed by atoms with Crippen LogP contribution < -0.4 is 15.9 Å². The van der Waals surface area contributed by atoms with Crippen LogP contribution in [0.3, 0.4) is 0 Å². The van der Waals surface area contributed by atoms with E-state index in [0.29, 0.717) is 12.2 Å². The minimum absolute atomic E-state index is 0.0776. The van der Waals surface area contributed by atoms with Crippen LogP contribution in [0, 0.1) is 0 Å². The van der Waals surface area contributed by atoms with Gasteiger partial charge in [-0.3, -0.25) is 9.47 Å². The van der Waals surface area contributed by atoms with Crippen molar-refractivity contribution in [1.29, 1.82) is 0 Å². The third kappa shape index (κ3) is 4.81. The largest absolute Gasteiger partial charge is 0.379 e. The van der Waals surface area contributed by atoms with Crippen molar-refractivity contribution in [2.24, 2.45) is 0 Å². The van der Waals surface area contributed by atoms with E-state index in [4.69, 9.17) is 9.72 Å². The fraction of sp³-hybridized carbons (Fsp3) is 0.500. The highest BCUT2D eigenvalue weighted by Gasteiger charge is 2.22. The number of rotatable bonds is 6. The van der Waals surface area contributed by atoms with Gasteiger partial charge in [0, 0.05) is 63.3 Å². The van der Waals surface area contributed by atoms with Gasteiger partial charge in [0.25, 0.3) is 0 Å². The summed E-state index contributed by atoms with van der Waals surface area (Å²) in [6.45, 7) is 11.1. The van der Waals surface area contributed by atoms with Crippen LogP contribution in [0.5, 0.6) is 0 Å². The SMILES string of the molecule is CN(C)c1ccc(-c2nc3ccn(CCN4CCOCC4)c(=O)n3c2NC(C)(C)C)cc1. The molecule has 1 aliphatic heterocycles. The minimum atomic E-state index is -0.227. The van der Waals surface area contributed by atoms with E-state index < -0.39 is 0 Å². The molecule has 172 valence electrons. The predicted molar refractivity (Wildman–Crippen MR) is 130 cm³/mol. The van der Waals surface area contributed by atoms with Gasteiger partial charge in [-0.25, -0.2) is 14.2 Å². The summed E-state index contributed by atoms with van der Waals surface area (Å²) < 4.78 is 8.91. The fourth-order valence-corrected chi connectivity index (χ4v) is 3.93. The number of hydrogen-bond acceptors (Lipinski definition) is 6. The first-order valence-electron chi connectivity index (χ1n) is 11.2. The lowest BCUT2D eigenvalue weighted by atomic mass is 10.1. The molecule has 4 rings (SSSR count). The lowest BCUT2D eigenvalue weighted by molar-refractivity contribution is 0.0362. The maximum absolute atomic E-state index is 13.5. The molecule has 2 aromatic heterocycles. The van der Waals surface area contributed by atoms with Crippen LogP contribution in [-0.4, -0.2) is 71.3 Å². The fourth-order valence-electron chi connectivity index (χ4n) is 3.93. The Kier molecular flexibility index (Phi) is 6.26. The summed E-state index contributed by atoms with van der Waals surface area (Å²) in [6.07, 6.45) is 1.85. The van der Waals surface area contributed by atoms with E-state index in [1.54, 1.807) is 8.97 Å². The van der Waals surface area contributed by atoms with Gasteiger partial charge in [-0.15, -0.1) is 0 Å². The van der Waals surface area contributed by atoms with Gasteiger partial charge in [0.15, 0.2) is 0 Å². The molecule has 0 saturated carbocycles. The Morgan fingerprint density at radius 3 is 2.38 bits per heavy atom. The number of imidazole rings is 1. The topological polar surface area (TPSA) is 67.0 Å². The van der Waals surface area contributed by atoms with E-state index in [1.807, 2.05) is 26.4 Å². The third-order valence-electron chi connectivity index (χ3n) is 5.66. The zero-order valence-electron chi connectivity index (χ0n) is 19.8. The van der Waals surface area contributed by atoms with Crippen LogP contribution in [0.1, 0.15) is 20.8 Å². The number of fused-ring (bicyclic) bond motifs is 1. The van der Waals surface area contributed by atoms with Crippen LogP contribution in [0.2, 0.25) is 0 Å². The van der Waals surface area contributed by atoms with Gasteiger partial charge in [-0.2, -0.15) is 0 Å². The molecule has 0 atom stereocenters. The second-order valence-corrected chi connectivity index (χ2v) is 9.56. The van der Waals surface area contributed by atoms with Crippen molar-refractivity contribution in [2.45, 2.75) is 32.9 Å². The molecule has 1 N–H and O–H groups in total. The summed E-state index contributed by atoms with van der Waals surface area (Å²) in [6, 6.07) is 10.2. The molecular weight excluding hydrogens is 404 g/mol. The molecule has 0 unspecified atom stereocenters. The van der Waals surface area contributed by atoms with Gasteiger partial charge in [-0.05, 0) is 39.0 Å². The zero-order chi connectivity index (χ0) is 22.9. The highest BCUT2D eigenvalue weighted by Crippen LogP contribution is 2.31. The van der Waals surface area contributed by atoms with E-state index in [9.17, 15) is 4.79 Å². The van der Waals surface area contributed by atoms with Gasteiger partial charge in [0.2, 0.25) is 0 Å². The number of morpholine rings is 1. The first-order valence-corrected chi connectivity index (χ1v) is 11.2. The maximum atomic E-state index is 13.5. The normalized spacial score (nSPS) is 15.3. The Balaban J connectivity index is 1.74. The highest BCUT2D eigenvalue weighted by molar-refractivity contribution is 5.77. The monoisotopic (exact) mass is 438 g/mol. The van der Waals surface area contributed by atoms with Gasteiger partial charge >= 0.3 is 5.69 Å². The second-order valence-electron chi connectivity index (χ2n) is 9.56. The Morgan fingerprint density at radius 2 is 1.75 bits per heavy atom. The van der Waals surface area contributed by atoms with E-state index in [0.717, 1.165) is 55.6 Å². The first kappa shape index (κ1) is 22.4. The van der Waals surface area contributed by atoms with Crippen molar-refractivity contribution < 1.29 is 4.74 Å². The molecule has 1 fully saturated rings. The lowest BCUT2D eigenvalue weighted by Crippen LogP contribution is -2.40. The summed E-state index contributed by atoms with van der Waals surface area (Å²) in [5.41, 5.74) is 3.23. The molecule has 3 heterocycles. The number of hydrogen-bond donors (Lipinski definition) is 1. The van der Waals surface area contributed by atoms with Gasteiger partial charge in [-0.1, -0.05) is 12.1 Å². The molecule has 0 amide bonds. The van der Waals surface area contributed by atoms with E-state index in [1.165, 1.54) is 0 Å². The van der Waals surface area contributed by atoms with Gasteiger partial charge < -0.3 is 15.0 Å². The van der Waals surface area contributed by atoms with E-state index in [-0.39, 0.29) is 11.2 Å². The molecule has 3 aromatic rings. The molecule has 1 aliphatic rings. The highest BCUT2D eigenvalue weighted by atomic mass is 16.5. The number of benzene rings is 1. The molecular formula is C24H34N6O2. The van der Waals surface area contributed by atoms with E-state index >= 15 is 0 Å². The molecule has 0 spiro atoms. The van der Waals surface area contributed by atoms with Crippen molar-refractivity contribution in [3.05, 3.63) is 47.0 Å². The van der Waals surface area contributed by atoms with Gasteiger partial charge in [0.05, 0.1) is 13.2 Å². The van der Waals surface area contributed by atoms with Crippen LogP contribution >= 0.6 is 0 Å². The molecule has 1 saturated heterocycles. The summed E-state index contributed by atoms with van der Waals surface area (Å²) in [5.74, 6) is 0.732. The Morgan fingerprint density at radius 1 is 1.06 bits per heavy atom. The number of anilines is 2. The van der Waals surface area contributed by atoms with Crippen molar-refractivity contribution >= 4 is 17.2 Å². The minimum Gasteiger partial charge on any atom is -0.379 e. The molecule has 1 aromatic carbocycles. The number of ether oxygens (including phenoxy) is 1. The summed E-state index contributed by atoms with van der Waals surface area (Å²) in [5, 5.41) is 3.53. The molecule has 8 heteroatoms. The molecule has 8 nitrogen and oxygen atoms in total. The predicted octanol–water partition coefficient (Wildman–Crippen LogP) is 2.77. The van der Waals surface area contributed by atoms with Crippen LogP contribution in [0.15, 0.2) is 41.3 Å². The number of nitrogens with one attached hydrogen (secondary N) is 1. The second kappa shape index (κ2) is 8.96. The van der Waals surface area contributed by atoms with Crippen molar-refractivity contribution in [1.82, 2.24) is 18.9 Å². The summed E-state index contributed by atoms with van der Waals surface area (Å²) in [7, 11) is 4.04. The Labute approximate surface area is 189 Å². The van der Waals surface area contributed by atoms with Gasteiger partial charge in [0.1, 0.15) is 17.2 Å². The molecule has 32 heavy (non-hydrogen) atoms. The number of nitrogens with zero attached hydrogens (tertiary/aromatic N) is 5. The van der Waals surface area contributed by atoms with Crippen LogP contribution in [-0.2, 0) is 11.3 Å². The molecule has 0 bridgehead atoms. The smallest absolute Gasteiger partial charge is 0.335 e. The standard InChI is InChI=1S/C24H34N6O2/c1-24(2,3)26-22-21(18-6-8-19(9-7-18)27(4)5)25-20-10-11-29(23(31)30(20)22)13-12-28-14-16-32-17-15-28/h6-11,26H,12-17H2,1-5H3. The molecule has 0 aliphatic carbocycles. The van der Waals surface area contributed by atoms with Crippen LogP contribution in [0.4, 0.5) is 11.5 Å². The zero-order valence-corrected chi connectivity index (χ0v) is 19.8. The van der Waals surface area contributed by atoms with Crippen LogP contribution in [0.25, 0.3) is 16.9 Å². The maximum Gasteiger partial charge on any atom is 0.335 e. The van der Waals surface area contributed by atoms with Crippen molar-refractivity contribution in [3.63, 3.8) is 0 Å².